The van der Waals surface area contributed by atoms with E-state index >= 15 is 0 Å². The van der Waals surface area contributed by atoms with Gasteiger partial charge < -0.3 is 9.64 Å². The summed E-state index contributed by atoms with van der Waals surface area (Å²) < 4.78 is 5.10. The van der Waals surface area contributed by atoms with E-state index in [1.165, 1.54) is 4.90 Å². The van der Waals surface area contributed by atoms with Crippen molar-refractivity contribution in [1.29, 1.82) is 5.26 Å². The monoisotopic (exact) mass is 322 g/mol. The third kappa shape index (κ3) is 4.68. The number of carbonyl (C=O) groups is 2. The van der Waals surface area contributed by atoms with E-state index in [9.17, 15) is 9.59 Å². The van der Waals surface area contributed by atoms with Gasteiger partial charge in [0.25, 0.3) is 5.91 Å². The number of rotatable bonds is 6. The summed E-state index contributed by atoms with van der Waals surface area (Å²) in [6.45, 7) is 1.81. The zero-order valence-electron chi connectivity index (χ0n) is 13.4. The highest BCUT2D eigenvalue weighted by molar-refractivity contribution is 5.97. The van der Waals surface area contributed by atoms with Crippen molar-refractivity contribution in [1.82, 2.24) is 0 Å². The molecule has 5 heteroatoms. The van der Waals surface area contributed by atoms with Gasteiger partial charge in [-0.15, -0.1) is 0 Å². The van der Waals surface area contributed by atoms with Crippen LogP contribution in [0.25, 0.3) is 0 Å². The Bertz CT molecular complexity index is 733. The molecule has 2 aromatic rings. The number of benzene rings is 2. The lowest BCUT2D eigenvalue weighted by Gasteiger charge is -2.21. The number of para-hydroxylation sites is 1. The average molecular weight is 322 g/mol. The molecule has 0 spiro atoms. The smallest absolute Gasteiger partial charge is 0.338 e. The Morgan fingerprint density at radius 1 is 1.08 bits per heavy atom. The second-order valence-corrected chi connectivity index (χ2v) is 5.23. The molecule has 0 aromatic heterocycles. The number of hydrogen-bond donors (Lipinski definition) is 0. The maximum atomic E-state index is 12.4. The van der Waals surface area contributed by atoms with E-state index in [2.05, 4.69) is 0 Å². The Morgan fingerprint density at radius 3 is 2.38 bits per heavy atom. The molecule has 0 saturated heterocycles. The number of amides is 1. The van der Waals surface area contributed by atoms with E-state index in [4.69, 9.17) is 10.00 Å². The second kappa shape index (κ2) is 8.49. The van der Waals surface area contributed by atoms with E-state index in [0.717, 1.165) is 5.56 Å². The second-order valence-electron chi connectivity index (χ2n) is 5.23. The summed E-state index contributed by atoms with van der Waals surface area (Å²) in [6, 6.07) is 18.0. The topological polar surface area (TPSA) is 70.4 Å². The van der Waals surface area contributed by atoms with Crippen LogP contribution < -0.4 is 4.90 Å². The van der Waals surface area contributed by atoms with Crippen LogP contribution in [0.5, 0.6) is 0 Å². The molecule has 1 amide bonds. The molecule has 122 valence electrons. The molecule has 0 radical (unpaired) electrons. The van der Waals surface area contributed by atoms with E-state index < -0.39 is 5.97 Å². The summed E-state index contributed by atoms with van der Waals surface area (Å²) in [4.78, 5) is 25.8. The molecule has 5 nitrogen and oxygen atoms in total. The van der Waals surface area contributed by atoms with Crippen molar-refractivity contribution in [3.05, 3.63) is 65.7 Å². The average Bonchev–Trinajstić information content (AvgIpc) is 2.61. The molecule has 0 unspecified atom stereocenters. The van der Waals surface area contributed by atoms with Gasteiger partial charge in [-0.05, 0) is 31.2 Å². The van der Waals surface area contributed by atoms with Crippen molar-refractivity contribution in [3.8, 4) is 6.07 Å². The van der Waals surface area contributed by atoms with Crippen LogP contribution in [0.4, 0.5) is 5.69 Å². The van der Waals surface area contributed by atoms with Crippen LogP contribution in [0, 0.1) is 18.3 Å². The van der Waals surface area contributed by atoms with Crippen molar-refractivity contribution < 1.29 is 14.3 Å². The standard InChI is InChI=1S/C19H18N2O3/c1-15-8-10-16(11-9-15)19(23)24-14-18(22)21(13-5-12-20)17-6-3-2-4-7-17/h2-4,6-11H,5,13-14H2,1H3. The third-order valence-electron chi connectivity index (χ3n) is 3.43. The predicted octanol–water partition coefficient (Wildman–Crippen LogP) is 3.10. The van der Waals surface area contributed by atoms with Gasteiger partial charge in [0, 0.05) is 12.2 Å². The molecule has 0 aliphatic heterocycles. The zero-order valence-corrected chi connectivity index (χ0v) is 13.4. The van der Waals surface area contributed by atoms with Gasteiger partial charge in [-0.3, -0.25) is 4.79 Å². The number of aryl methyl sites for hydroxylation is 1. The minimum atomic E-state index is -0.545. The fourth-order valence-electron chi connectivity index (χ4n) is 2.15. The van der Waals surface area contributed by atoms with E-state index in [-0.39, 0.29) is 25.5 Å². The van der Waals surface area contributed by atoms with Gasteiger partial charge in [0.15, 0.2) is 6.61 Å². The van der Waals surface area contributed by atoms with Crippen molar-refractivity contribution in [3.63, 3.8) is 0 Å². The Hall–Kier alpha value is -3.13. The molecule has 24 heavy (non-hydrogen) atoms. The predicted molar refractivity (Wildman–Crippen MR) is 90.5 cm³/mol. The van der Waals surface area contributed by atoms with Gasteiger partial charge in [0.05, 0.1) is 18.1 Å². The number of carbonyl (C=O) groups excluding carboxylic acids is 2. The number of esters is 1. The van der Waals surface area contributed by atoms with Gasteiger partial charge >= 0.3 is 5.97 Å². The largest absolute Gasteiger partial charge is 0.452 e. The Kier molecular flexibility index (Phi) is 6.09. The maximum absolute atomic E-state index is 12.4. The Morgan fingerprint density at radius 2 is 1.75 bits per heavy atom. The number of nitriles is 1. The highest BCUT2D eigenvalue weighted by Crippen LogP contribution is 2.14. The molecule has 0 bridgehead atoms. The lowest BCUT2D eigenvalue weighted by Crippen LogP contribution is -2.35. The summed E-state index contributed by atoms with van der Waals surface area (Å²) in [5.74, 6) is -0.909. The van der Waals surface area contributed by atoms with Gasteiger partial charge in [-0.1, -0.05) is 35.9 Å². The number of hydrogen-bond acceptors (Lipinski definition) is 4. The fraction of sp³-hybridized carbons (Fsp3) is 0.211. The fourth-order valence-corrected chi connectivity index (χ4v) is 2.15. The summed E-state index contributed by atoms with van der Waals surface area (Å²) in [5.41, 5.74) is 2.11. The number of nitrogens with zero attached hydrogens (tertiary/aromatic N) is 2. The lowest BCUT2D eigenvalue weighted by molar-refractivity contribution is -0.121. The first kappa shape index (κ1) is 17.2. The van der Waals surface area contributed by atoms with E-state index in [0.29, 0.717) is 11.3 Å². The first-order valence-corrected chi connectivity index (χ1v) is 7.58. The molecule has 0 heterocycles. The normalized spacial score (nSPS) is 9.83. The lowest BCUT2D eigenvalue weighted by atomic mass is 10.1. The van der Waals surface area contributed by atoms with Gasteiger partial charge in [-0.2, -0.15) is 5.26 Å². The van der Waals surface area contributed by atoms with Crippen LogP contribution in [-0.2, 0) is 9.53 Å². The van der Waals surface area contributed by atoms with E-state index in [1.807, 2.05) is 31.2 Å². The van der Waals surface area contributed by atoms with E-state index in [1.54, 1.807) is 36.4 Å². The van der Waals surface area contributed by atoms with Crippen molar-refractivity contribution >= 4 is 17.6 Å². The maximum Gasteiger partial charge on any atom is 0.338 e. The first-order chi connectivity index (χ1) is 11.6. The van der Waals surface area contributed by atoms with Gasteiger partial charge in [-0.25, -0.2) is 4.79 Å². The minimum absolute atomic E-state index is 0.201. The molecule has 0 N–H and O–H groups in total. The van der Waals surface area contributed by atoms with Crippen LogP contribution >= 0.6 is 0 Å². The molecular formula is C19H18N2O3. The van der Waals surface area contributed by atoms with Crippen LogP contribution in [0.15, 0.2) is 54.6 Å². The molecule has 0 fully saturated rings. The molecule has 0 aliphatic rings. The summed E-state index contributed by atoms with van der Waals surface area (Å²) in [5, 5.41) is 8.76. The molecule has 2 aromatic carbocycles. The highest BCUT2D eigenvalue weighted by atomic mass is 16.5. The van der Waals surface area contributed by atoms with Gasteiger partial charge in [0.2, 0.25) is 0 Å². The third-order valence-corrected chi connectivity index (χ3v) is 3.43. The van der Waals surface area contributed by atoms with Crippen molar-refractivity contribution in [2.24, 2.45) is 0 Å². The molecule has 0 aliphatic carbocycles. The van der Waals surface area contributed by atoms with Gasteiger partial charge in [0.1, 0.15) is 0 Å². The first-order valence-electron chi connectivity index (χ1n) is 7.58. The zero-order chi connectivity index (χ0) is 17.4. The number of ether oxygens (including phenoxy) is 1. The summed E-state index contributed by atoms with van der Waals surface area (Å²) >= 11 is 0. The molecule has 2 rings (SSSR count). The van der Waals surface area contributed by atoms with Crippen molar-refractivity contribution in [2.45, 2.75) is 13.3 Å². The number of anilines is 1. The van der Waals surface area contributed by atoms with Crippen molar-refractivity contribution in [2.75, 3.05) is 18.1 Å². The Balaban J connectivity index is 2.01. The summed E-state index contributed by atoms with van der Waals surface area (Å²) in [7, 11) is 0. The summed E-state index contributed by atoms with van der Waals surface area (Å²) in [6.07, 6.45) is 0.201. The highest BCUT2D eigenvalue weighted by Gasteiger charge is 2.17. The molecular weight excluding hydrogens is 304 g/mol. The molecule has 0 atom stereocenters. The quantitative estimate of drug-likeness (QED) is 0.766. The van der Waals surface area contributed by atoms with Crippen LogP contribution in [0.3, 0.4) is 0 Å². The van der Waals surface area contributed by atoms with Crippen LogP contribution in [0.1, 0.15) is 22.3 Å². The molecule has 0 saturated carbocycles. The SMILES string of the molecule is Cc1ccc(C(=O)OCC(=O)N(CCC#N)c2ccccc2)cc1. The Labute approximate surface area is 141 Å². The van der Waals surface area contributed by atoms with Crippen LogP contribution in [-0.4, -0.2) is 25.0 Å². The van der Waals surface area contributed by atoms with Crippen LogP contribution in [0.2, 0.25) is 0 Å². The minimum Gasteiger partial charge on any atom is -0.452 e.